The number of piperidine rings is 1. The molecule has 0 N–H and O–H groups in total. The van der Waals surface area contributed by atoms with Gasteiger partial charge in [0.15, 0.2) is 0 Å². The Morgan fingerprint density at radius 2 is 1.96 bits per heavy atom. The van der Waals surface area contributed by atoms with Crippen molar-refractivity contribution >= 4 is 5.57 Å². The van der Waals surface area contributed by atoms with Crippen LogP contribution in [0.15, 0.2) is 30.6 Å². The van der Waals surface area contributed by atoms with Gasteiger partial charge in [0, 0.05) is 17.9 Å². The molecule has 2 aliphatic heterocycles. The van der Waals surface area contributed by atoms with E-state index in [1.54, 1.807) is 5.57 Å². The van der Waals surface area contributed by atoms with Crippen molar-refractivity contribution in [2.45, 2.75) is 70.8 Å². The van der Waals surface area contributed by atoms with E-state index in [0.29, 0.717) is 11.0 Å². The lowest BCUT2D eigenvalue weighted by Crippen LogP contribution is -2.61. The predicted octanol–water partition coefficient (Wildman–Crippen LogP) is 5.56. The van der Waals surface area contributed by atoms with E-state index in [-0.39, 0.29) is 0 Å². The number of hydrogen-bond donors (Lipinski definition) is 0. The van der Waals surface area contributed by atoms with Crippen LogP contribution in [0.25, 0.3) is 5.57 Å². The van der Waals surface area contributed by atoms with Crippen LogP contribution >= 0.6 is 0 Å². The van der Waals surface area contributed by atoms with E-state index in [1.165, 1.54) is 70.0 Å². The number of rotatable bonds is 1. The SMILES string of the molecule is C[C@]12CCC3[C@@H](CCN4CCCCC[C@]34C)[C@@H]1CC=C2c1cccnc1. The van der Waals surface area contributed by atoms with Gasteiger partial charge in [-0.1, -0.05) is 31.9 Å². The van der Waals surface area contributed by atoms with Crippen molar-refractivity contribution in [3.05, 3.63) is 36.2 Å². The monoisotopic (exact) mass is 350 g/mol. The van der Waals surface area contributed by atoms with Crippen LogP contribution in [0.4, 0.5) is 0 Å². The average molecular weight is 351 g/mol. The van der Waals surface area contributed by atoms with Crippen LogP contribution in [0.3, 0.4) is 0 Å². The normalized spacial score (nSPS) is 43.0. The molecule has 1 aromatic rings. The van der Waals surface area contributed by atoms with E-state index in [9.17, 15) is 0 Å². The van der Waals surface area contributed by atoms with Gasteiger partial charge in [-0.05, 0) is 98.9 Å². The molecule has 3 heterocycles. The molecule has 0 amide bonds. The van der Waals surface area contributed by atoms with Gasteiger partial charge in [0.1, 0.15) is 0 Å². The highest BCUT2D eigenvalue weighted by atomic mass is 15.2. The second kappa shape index (κ2) is 6.19. The van der Waals surface area contributed by atoms with Gasteiger partial charge >= 0.3 is 0 Å². The van der Waals surface area contributed by atoms with E-state index in [1.807, 2.05) is 6.20 Å². The van der Waals surface area contributed by atoms with Crippen molar-refractivity contribution in [2.75, 3.05) is 13.1 Å². The lowest BCUT2D eigenvalue weighted by molar-refractivity contribution is -0.0868. The first-order chi connectivity index (χ1) is 12.6. The Morgan fingerprint density at radius 3 is 2.81 bits per heavy atom. The Bertz CT molecular complexity index is 695. The zero-order valence-electron chi connectivity index (χ0n) is 16.6. The highest BCUT2D eigenvalue weighted by molar-refractivity contribution is 5.72. The third kappa shape index (κ3) is 2.37. The van der Waals surface area contributed by atoms with E-state index in [2.05, 4.69) is 48.1 Å². The molecule has 2 aliphatic carbocycles. The molecule has 0 spiro atoms. The average Bonchev–Trinajstić information content (AvgIpc) is 2.88. The molecule has 5 rings (SSSR count). The minimum Gasteiger partial charge on any atom is -0.298 e. The summed E-state index contributed by atoms with van der Waals surface area (Å²) in [6.07, 6.45) is 17.8. The zero-order chi connectivity index (χ0) is 17.8. The quantitative estimate of drug-likeness (QED) is 0.659. The Labute approximate surface area is 159 Å². The van der Waals surface area contributed by atoms with Crippen LogP contribution in [0, 0.1) is 23.2 Å². The second-order valence-corrected chi connectivity index (χ2v) is 9.87. The molecule has 0 radical (unpaired) electrons. The summed E-state index contributed by atoms with van der Waals surface area (Å²) >= 11 is 0. The molecule has 3 fully saturated rings. The molecule has 2 saturated heterocycles. The van der Waals surface area contributed by atoms with Crippen LogP contribution in [0.5, 0.6) is 0 Å². The number of allylic oxidation sites excluding steroid dienone is 2. The van der Waals surface area contributed by atoms with Gasteiger partial charge in [0.2, 0.25) is 0 Å². The topological polar surface area (TPSA) is 16.1 Å². The number of pyridine rings is 1. The maximum atomic E-state index is 4.41. The van der Waals surface area contributed by atoms with Gasteiger partial charge in [-0.25, -0.2) is 0 Å². The molecule has 0 aromatic carbocycles. The van der Waals surface area contributed by atoms with Crippen LogP contribution in [0.2, 0.25) is 0 Å². The summed E-state index contributed by atoms with van der Waals surface area (Å²) in [4.78, 5) is 7.30. The zero-order valence-corrected chi connectivity index (χ0v) is 16.6. The first-order valence-corrected chi connectivity index (χ1v) is 11.0. The molecule has 4 aliphatic rings. The van der Waals surface area contributed by atoms with Crippen LogP contribution < -0.4 is 0 Å². The van der Waals surface area contributed by atoms with Crippen LogP contribution in [-0.2, 0) is 0 Å². The first kappa shape index (κ1) is 17.0. The molecule has 1 unspecified atom stereocenters. The smallest absolute Gasteiger partial charge is 0.0343 e. The molecule has 1 aromatic heterocycles. The molecular weight excluding hydrogens is 316 g/mol. The van der Waals surface area contributed by atoms with Gasteiger partial charge in [0.25, 0.3) is 0 Å². The number of aromatic nitrogens is 1. The largest absolute Gasteiger partial charge is 0.298 e. The third-order valence-electron chi connectivity index (χ3n) is 8.85. The Kier molecular flexibility index (Phi) is 4.04. The maximum Gasteiger partial charge on any atom is 0.0343 e. The number of hydrogen-bond acceptors (Lipinski definition) is 2. The summed E-state index contributed by atoms with van der Waals surface area (Å²) in [6.45, 7) is 7.89. The third-order valence-corrected chi connectivity index (χ3v) is 8.85. The van der Waals surface area contributed by atoms with Crippen molar-refractivity contribution in [2.24, 2.45) is 23.2 Å². The second-order valence-electron chi connectivity index (χ2n) is 9.87. The first-order valence-electron chi connectivity index (χ1n) is 11.0. The number of fused-ring (bicyclic) bond motifs is 5. The molecule has 140 valence electrons. The summed E-state index contributed by atoms with van der Waals surface area (Å²) in [5.74, 6) is 2.67. The van der Waals surface area contributed by atoms with Crippen molar-refractivity contribution in [3.8, 4) is 0 Å². The lowest BCUT2D eigenvalue weighted by atomic mass is 9.52. The van der Waals surface area contributed by atoms with E-state index in [0.717, 1.165) is 17.8 Å². The van der Waals surface area contributed by atoms with E-state index in [4.69, 9.17) is 0 Å². The van der Waals surface area contributed by atoms with Crippen molar-refractivity contribution < 1.29 is 0 Å². The fourth-order valence-electron chi connectivity index (χ4n) is 7.47. The van der Waals surface area contributed by atoms with Gasteiger partial charge < -0.3 is 0 Å². The van der Waals surface area contributed by atoms with Crippen molar-refractivity contribution in [1.29, 1.82) is 0 Å². The highest BCUT2D eigenvalue weighted by Crippen LogP contribution is 2.63. The molecule has 1 saturated carbocycles. The van der Waals surface area contributed by atoms with Crippen molar-refractivity contribution in [3.63, 3.8) is 0 Å². The molecule has 0 bridgehead atoms. The predicted molar refractivity (Wildman–Crippen MR) is 108 cm³/mol. The highest BCUT2D eigenvalue weighted by Gasteiger charge is 2.57. The minimum absolute atomic E-state index is 0.369. The standard InChI is InChI=1S/C24H34N2/c1-23-13-10-22-19(11-16-26-15-5-3-4-12-24(22,26)2)21(23)9-8-20(23)18-7-6-14-25-17-18/h6-8,14,17,19,21-22H,3-5,9-13,15-16H2,1-2H3/t19-,21-,22?,23+,24+/m0/s1. The summed E-state index contributed by atoms with van der Waals surface area (Å²) in [5, 5.41) is 0. The Balaban J connectivity index is 1.45. The van der Waals surface area contributed by atoms with Gasteiger partial charge in [-0.15, -0.1) is 0 Å². The van der Waals surface area contributed by atoms with E-state index < -0.39 is 0 Å². The summed E-state index contributed by atoms with van der Waals surface area (Å²) in [6, 6.07) is 4.37. The summed E-state index contributed by atoms with van der Waals surface area (Å²) < 4.78 is 0. The van der Waals surface area contributed by atoms with E-state index >= 15 is 0 Å². The maximum absolute atomic E-state index is 4.41. The van der Waals surface area contributed by atoms with Gasteiger partial charge in [0.05, 0.1) is 0 Å². The Morgan fingerprint density at radius 1 is 1.04 bits per heavy atom. The number of nitrogens with zero attached hydrogens (tertiary/aromatic N) is 2. The van der Waals surface area contributed by atoms with Gasteiger partial charge in [-0.2, -0.15) is 0 Å². The molecular formula is C24H34N2. The fourth-order valence-corrected chi connectivity index (χ4v) is 7.47. The van der Waals surface area contributed by atoms with Gasteiger partial charge in [-0.3, -0.25) is 9.88 Å². The molecule has 2 nitrogen and oxygen atoms in total. The molecule has 5 atom stereocenters. The molecule has 26 heavy (non-hydrogen) atoms. The van der Waals surface area contributed by atoms with Crippen LogP contribution in [-0.4, -0.2) is 28.5 Å². The summed E-state index contributed by atoms with van der Waals surface area (Å²) in [7, 11) is 0. The lowest BCUT2D eigenvalue weighted by Gasteiger charge is -2.60. The Hall–Kier alpha value is -1.15. The fraction of sp³-hybridized carbons (Fsp3) is 0.708. The van der Waals surface area contributed by atoms with Crippen LogP contribution in [0.1, 0.15) is 70.8 Å². The minimum atomic E-state index is 0.369. The summed E-state index contributed by atoms with van der Waals surface area (Å²) in [5.41, 5.74) is 3.81. The molecule has 2 heteroatoms. The van der Waals surface area contributed by atoms with Crippen molar-refractivity contribution in [1.82, 2.24) is 9.88 Å².